The van der Waals surface area contributed by atoms with Crippen LogP contribution in [0, 0.1) is 0 Å². The molecule has 0 aliphatic heterocycles. The van der Waals surface area contributed by atoms with Crippen LogP contribution in [0.3, 0.4) is 0 Å². The van der Waals surface area contributed by atoms with Gasteiger partial charge in [0.2, 0.25) is 21.8 Å². The molecule has 3 rings (SSSR count). The number of nitrogens with one attached hydrogen (secondary N) is 1. The number of benzene rings is 3. The fraction of sp³-hybridized carbons (Fsp3) is 0.333. The highest BCUT2D eigenvalue weighted by atomic mass is 35.5. The van der Waals surface area contributed by atoms with Gasteiger partial charge in [-0.2, -0.15) is 0 Å². The number of carbonyl (C=O) groups is 2. The molecular formula is C30H35Cl2N3O5S. The molecule has 2 atom stereocenters. The number of anilines is 1. The van der Waals surface area contributed by atoms with Crippen molar-refractivity contribution in [2.24, 2.45) is 0 Å². The topological polar surface area (TPSA) is 96.0 Å². The van der Waals surface area contributed by atoms with E-state index in [2.05, 4.69) is 5.32 Å². The quantitative estimate of drug-likeness (QED) is 0.279. The lowest BCUT2D eigenvalue weighted by atomic mass is 10.0. The van der Waals surface area contributed by atoms with Gasteiger partial charge in [0.05, 0.1) is 24.1 Å². The van der Waals surface area contributed by atoms with Crippen LogP contribution in [0.15, 0.2) is 72.8 Å². The lowest BCUT2D eigenvalue weighted by Gasteiger charge is -2.34. The number of halogens is 2. The van der Waals surface area contributed by atoms with Gasteiger partial charge in [-0.3, -0.25) is 13.9 Å². The maximum absolute atomic E-state index is 14.1. The van der Waals surface area contributed by atoms with Crippen molar-refractivity contribution in [1.29, 1.82) is 0 Å². The van der Waals surface area contributed by atoms with Crippen molar-refractivity contribution in [3.05, 3.63) is 94.0 Å². The molecule has 3 aromatic carbocycles. The molecule has 3 aromatic rings. The fourth-order valence-corrected chi connectivity index (χ4v) is 5.66. The van der Waals surface area contributed by atoms with E-state index in [9.17, 15) is 18.0 Å². The second kappa shape index (κ2) is 14.6. The molecule has 1 N–H and O–H groups in total. The van der Waals surface area contributed by atoms with Crippen molar-refractivity contribution < 1.29 is 22.7 Å². The molecule has 2 amide bonds. The molecule has 0 unspecified atom stereocenters. The molecule has 220 valence electrons. The summed E-state index contributed by atoms with van der Waals surface area (Å²) in [5.74, 6) is -0.330. The molecule has 0 saturated carbocycles. The molecule has 0 aliphatic carbocycles. The van der Waals surface area contributed by atoms with Crippen LogP contribution in [0.1, 0.15) is 31.4 Å². The first-order chi connectivity index (χ1) is 19.4. The van der Waals surface area contributed by atoms with Crippen LogP contribution < -0.4 is 14.4 Å². The zero-order chi connectivity index (χ0) is 30.2. The predicted octanol–water partition coefficient (Wildman–Crippen LogP) is 5.32. The van der Waals surface area contributed by atoms with Crippen LogP contribution in [-0.2, 0) is 32.6 Å². The van der Waals surface area contributed by atoms with Crippen LogP contribution in [0.4, 0.5) is 5.69 Å². The second-order valence-corrected chi connectivity index (χ2v) is 12.5. The van der Waals surface area contributed by atoms with E-state index in [1.54, 1.807) is 25.3 Å². The Kier molecular flexibility index (Phi) is 11.5. The maximum atomic E-state index is 14.1. The molecule has 0 aromatic heterocycles. The van der Waals surface area contributed by atoms with Gasteiger partial charge in [0.15, 0.2) is 0 Å². The fourth-order valence-electron chi connectivity index (χ4n) is 4.24. The van der Waals surface area contributed by atoms with Gasteiger partial charge in [0.25, 0.3) is 0 Å². The third-order valence-electron chi connectivity index (χ3n) is 6.62. The van der Waals surface area contributed by atoms with Crippen LogP contribution in [0.25, 0.3) is 0 Å². The highest BCUT2D eigenvalue weighted by Crippen LogP contribution is 2.31. The molecule has 0 saturated heterocycles. The highest BCUT2D eigenvalue weighted by Gasteiger charge is 2.34. The van der Waals surface area contributed by atoms with Gasteiger partial charge in [-0.1, -0.05) is 72.6 Å². The van der Waals surface area contributed by atoms with E-state index in [4.69, 9.17) is 27.9 Å². The minimum absolute atomic E-state index is 0.0351. The number of hydrogen-bond donors (Lipinski definition) is 1. The Morgan fingerprint density at radius 2 is 1.66 bits per heavy atom. The van der Waals surface area contributed by atoms with E-state index in [1.807, 2.05) is 50.2 Å². The first kappa shape index (κ1) is 32.2. The van der Waals surface area contributed by atoms with Crippen LogP contribution in [0.2, 0.25) is 10.0 Å². The smallest absolute Gasteiger partial charge is 0.244 e. The van der Waals surface area contributed by atoms with Gasteiger partial charge >= 0.3 is 0 Å². The summed E-state index contributed by atoms with van der Waals surface area (Å²) in [6.45, 7) is 3.30. The number of amides is 2. The summed E-state index contributed by atoms with van der Waals surface area (Å²) in [7, 11) is -2.41. The number of ether oxygens (including phenoxy) is 1. The van der Waals surface area contributed by atoms with Crippen molar-refractivity contribution in [1.82, 2.24) is 10.2 Å². The van der Waals surface area contributed by atoms with Crippen LogP contribution >= 0.6 is 23.2 Å². The van der Waals surface area contributed by atoms with Gasteiger partial charge in [-0.15, -0.1) is 0 Å². The lowest BCUT2D eigenvalue weighted by Crippen LogP contribution is -2.54. The van der Waals surface area contributed by atoms with E-state index >= 15 is 0 Å². The van der Waals surface area contributed by atoms with Crippen molar-refractivity contribution in [2.45, 2.75) is 45.3 Å². The number of carbonyl (C=O) groups excluding carboxylic acids is 2. The average molecular weight is 621 g/mol. The number of hydrogen-bond acceptors (Lipinski definition) is 5. The monoisotopic (exact) mass is 619 g/mol. The van der Waals surface area contributed by atoms with Crippen molar-refractivity contribution in [3.8, 4) is 5.75 Å². The molecule has 0 heterocycles. The van der Waals surface area contributed by atoms with E-state index in [0.717, 1.165) is 16.1 Å². The standard InChI is InChI=1S/C30H35Cl2N3O5S/c1-5-21(2)33-30(37)28(17-22-10-7-6-8-11-22)34(19-23-12-9-13-25(16-23)40-3)29(36)20-35(41(4,38)39)27-15-14-24(31)18-26(27)32/h6-16,18,21,28H,5,17,19-20H2,1-4H3,(H,33,37)/t21-,28-/m1/s1. The maximum Gasteiger partial charge on any atom is 0.244 e. The first-order valence-corrected chi connectivity index (χ1v) is 15.7. The Bertz CT molecular complexity index is 1450. The van der Waals surface area contributed by atoms with Crippen LogP contribution in [0.5, 0.6) is 5.75 Å². The summed E-state index contributed by atoms with van der Waals surface area (Å²) < 4.78 is 32.1. The molecule has 8 nitrogen and oxygen atoms in total. The zero-order valence-electron chi connectivity index (χ0n) is 23.5. The number of rotatable bonds is 13. The largest absolute Gasteiger partial charge is 0.497 e. The van der Waals surface area contributed by atoms with Crippen molar-refractivity contribution >= 4 is 50.7 Å². The number of methoxy groups -OCH3 is 1. The third-order valence-corrected chi connectivity index (χ3v) is 8.28. The summed E-state index contributed by atoms with van der Waals surface area (Å²) in [6, 6.07) is 19.8. The number of nitrogens with zero attached hydrogens (tertiary/aromatic N) is 2. The van der Waals surface area contributed by atoms with Crippen molar-refractivity contribution in [3.63, 3.8) is 0 Å². The lowest BCUT2D eigenvalue weighted by molar-refractivity contribution is -0.140. The Hall–Kier alpha value is -3.27. The Morgan fingerprint density at radius 1 is 0.976 bits per heavy atom. The van der Waals surface area contributed by atoms with Gasteiger partial charge in [-0.25, -0.2) is 8.42 Å². The van der Waals surface area contributed by atoms with Gasteiger partial charge in [-0.05, 0) is 54.8 Å². The van der Waals surface area contributed by atoms with E-state index in [1.165, 1.54) is 23.1 Å². The normalized spacial score (nSPS) is 12.7. The summed E-state index contributed by atoms with van der Waals surface area (Å²) in [5, 5.41) is 3.40. The SMILES string of the molecule is CC[C@@H](C)NC(=O)[C@@H](Cc1ccccc1)N(Cc1cccc(OC)c1)C(=O)CN(c1ccc(Cl)cc1Cl)S(C)(=O)=O. The average Bonchev–Trinajstić information content (AvgIpc) is 2.93. The molecule has 0 spiro atoms. The molecule has 11 heteroatoms. The number of sulfonamides is 1. The predicted molar refractivity (Wildman–Crippen MR) is 164 cm³/mol. The molecule has 0 radical (unpaired) electrons. The molecule has 0 aliphatic rings. The Balaban J connectivity index is 2.09. The second-order valence-electron chi connectivity index (χ2n) is 9.76. The Morgan fingerprint density at radius 3 is 2.27 bits per heavy atom. The Labute approximate surface area is 252 Å². The minimum Gasteiger partial charge on any atom is -0.497 e. The van der Waals surface area contributed by atoms with Crippen LogP contribution in [-0.4, -0.2) is 57.1 Å². The van der Waals surface area contributed by atoms with Gasteiger partial charge in [0.1, 0.15) is 18.3 Å². The third kappa shape index (κ3) is 9.11. The highest BCUT2D eigenvalue weighted by molar-refractivity contribution is 7.92. The minimum atomic E-state index is -3.96. The molecule has 0 fully saturated rings. The summed E-state index contributed by atoms with van der Waals surface area (Å²) in [4.78, 5) is 29.3. The summed E-state index contributed by atoms with van der Waals surface area (Å²) in [5.41, 5.74) is 1.67. The van der Waals surface area contributed by atoms with E-state index in [-0.39, 0.29) is 35.6 Å². The first-order valence-electron chi connectivity index (χ1n) is 13.1. The summed E-state index contributed by atoms with van der Waals surface area (Å²) >= 11 is 12.4. The van der Waals surface area contributed by atoms with E-state index < -0.39 is 28.5 Å². The molecule has 0 bridgehead atoms. The van der Waals surface area contributed by atoms with Crippen molar-refractivity contribution in [2.75, 3.05) is 24.2 Å². The molecule has 41 heavy (non-hydrogen) atoms. The van der Waals surface area contributed by atoms with E-state index in [0.29, 0.717) is 22.8 Å². The zero-order valence-corrected chi connectivity index (χ0v) is 25.8. The van der Waals surface area contributed by atoms with Gasteiger partial charge in [0, 0.05) is 24.0 Å². The molecular weight excluding hydrogens is 585 g/mol. The summed E-state index contributed by atoms with van der Waals surface area (Å²) in [6.07, 6.45) is 1.92. The van der Waals surface area contributed by atoms with Gasteiger partial charge < -0.3 is 15.0 Å².